The lowest BCUT2D eigenvalue weighted by molar-refractivity contribution is 0.477. The van der Waals surface area contributed by atoms with E-state index in [9.17, 15) is 5.11 Å². The van der Waals surface area contributed by atoms with E-state index < -0.39 is 0 Å². The van der Waals surface area contributed by atoms with E-state index in [1.54, 1.807) is 30.6 Å². The van der Waals surface area contributed by atoms with E-state index in [1.165, 1.54) is 0 Å². The Balaban J connectivity index is 2.21. The molecule has 0 amide bonds. The van der Waals surface area contributed by atoms with Gasteiger partial charge in [-0.15, -0.1) is 0 Å². The Morgan fingerprint density at radius 3 is 2.69 bits per heavy atom. The molecule has 1 aromatic carbocycles. The van der Waals surface area contributed by atoms with Crippen molar-refractivity contribution in [1.82, 2.24) is 4.98 Å². The number of pyridine rings is 1. The number of hydrogen-bond acceptors (Lipinski definition) is 3. The molecular formula is C12H9BrN2O. The number of aromatic hydroxyl groups is 1. The largest absolute Gasteiger partial charge is 0.506 e. The van der Waals surface area contributed by atoms with E-state index in [-0.39, 0.29) is 5.75 Å². The molecule has 0 saturated carbocycles. The summed E-state index contributed by atoms with van der Waals surface area (Å²) in [5.74, 6) is 0.170. The van der Waals surface area contributed by atoms with Gasteiger partial charge in [0.05, 0.1) is 0 Å². The summed E-state index contributed by atoms with van der Waals surface area (Å²) in [4.78, 5) is 8.25. The quantitative estimate of drug-likeness (QED) is 0.676. The van der Waals surface area contributed by atoms with E-state index in [4.69, 9.17) is 0 Å². The first kappa shape index (κ1) is 10.8. The average Bonchev–Trinajstić information content (AvgIpc) is 2.30. The van der Waals surface area contributed by atoms with Crippen molar-refractivity contribution < 1.29 is 5.11 Å². The number of benzene rings is 1. The molecule has 0 aliphatic rings. The van der Waals surface area contributed by atoms with Crippen LogP contribution >= 0.6 is 15.9 Å². The van der Waals surface area contributed by atoms with Gasteiger partial charge in [0.2, 0.25) is 0 Å². The minimum atomic E-state index is 0.170. The van der Waals surface area contributed by atoms with Crippen molar-refractivity contribution in [2.75, 3.05) is 0 Å². The van der Waals surface area contributed by atoms with E-state index in [1.807, 2.05) is 18.2 Å². The van der Waals surface area contributed by atoms with E-state index in [0.717, 1.165) is 10.2 Å². The third-order valence-corrected chi connectivity index (χ3v) is 2.45. The van der Waals surface area contributed by atoms with Crippen LogP contribution in [0.5, 0.6) is 5.75 Å². The molecule has 1 aromatic heterocycles. The second-order valence-electron chi connectivity index (χ2n) is 3.16. The molecule has 2 rings (SSSR count). The highest BCUT2D eigenvalue weighted by atomic mass is 79.9. The number of aliphatic imine (C=N–C) groups is 1. The molecular weight excluding hydrogens is 268 g/mol. The topological polar surface area (TPSA) is 45.5 Å². The number of para-hydroxylation sites is 2. The second kappa shape index (κ2) is 4.90. The Bertz CT molecular complexity index is 509. The summed E-state index contributed by atoms with van der Waals surface area (Å²) in [6, 6.07) is 10.7. The molecule has 2 aromatic rings. The molecule has 0 atom stereocenters. The maximum absolute atomic E-state index is 9.50. The normalized spacial score (nSPS) is 10.8. The third-order valence-electron chi connectivity index (χ3n) is 1.98. The Kier molecular flexibility index (Phi) is 3.31. The van der Waals surface area contributed by atoms with Gasteiger partial charge in [-0.3, -0.25) is 4.99 Å². The lowest BCUT2D eigenvalue weighted by Crippen LogP contribution is -1.82. The van der Waals surface area contributed by atoms with Crippen LogP contribution in [0.2, 0.25) is 0 Å². The van der Waals surface area contributed by atoms with Crippen LogP contribution < -0.4 is 0 Å². The number of nitrogens with zero attached hydrogens (tertiary/aromatic N) is 2. The zero-order valence-corrected chi connectivity index (χ0v) is 9.92. The van der Waals surface area contributed by atoms with Gasteiger partial charge in [0.25, 0.3) is 0 Å². The van der Waals surface area contributed by atoms with Gasteiger partial charge >= 0.3 is 0 Å². The smallest absolute Gasteiger partial charge is 0.141 e. The fourth-order valence-electron chi connectivity index (χ4n) is 1.18. The van der Waals surface area contributed by atoms with E-state index in [2.05, 4.69) is 25.9 Å². The van der Waals surface area contributed by atoms with Gasteiger partial charge in [0.1, 0.15) is 16.0 Å². The van der Waals surface area contributed by atoms with Crippen LogP contribution in [0.1, 0.15) is 5.56 Å². The zero-order chi connectivity index (χ0) is 11.4. The van der Waals surface area contributed by atoms with Crippen LogP contribution in [0.3, 0.4) is 0 Å². The fourth-order valence-corrected chi connectivity index (χ4v) is 1.42. The van der Waals surface area contributed by atoms with Crippen LogP contribution in [0.25, 0.3) is 0 Å². The fraction of sp³-hybridized carbons (Fsp3) is 0. The monoisotopic (exact) mass is 276 g/mol. The van der Waals surface area contributed by atoms with Crippen molar-refractivity contribution in [1.29, 1.82) is 0 Å². The highest BCUT2D eigenvalue weighted by Crippen LogP contribution is 2.24. The van der Waals surface area contributed by atoms with E-state index >= 15 is 0 Å². The SMILES string of the molecule is Oc1ccccc1/N=C/c1ccc(Br)nc1. The Hall–Kier alpha value is -1.68. The van der Waals surface area contributed by atoms with Gasteiger partial charge in [-0.2, -0.15) is 0 Å². The first-order valence-corrected chi connectivity index (χ1v) is 5.48. The van der Waals surface area contributed by atoms with Gasteiger partial charge in [-0.05, 0) is 40.2 Å². The Morgan fingerprint density at radius 1 is 1.19 bits per heavy atom. The maximum atomic E-state index is 9.50. The Labute approximate surface area is 102 Å². The minimum Gasteiger partial charge on any atom is -0.506 e. The molecule has 1 N–H and O–H groups in total. The first-order chi connectivity index (χ1) is 7.75. The van der Waals surface area contributed by atoms with Crippen LogP contribution in [0.4, 0.5) is 5.69 Å². The predicted octanol–water partition coefficient (Wildman–Crippen LogP) is 3.30. The predicted molar refractivity (Wildman–Crippen MR) is 67.3 cm³/mol. The van der Waals surface area contributed by atoms with Gasteiger partial charge in [0, 0.05) is 18.0 Å². The molecule has 4 heteroatoms. The lowest BCUT2D eigenvalue weighted by atomic mass is 10.3. The summed E-state index contributed by atoms with van der Waals surface area (Å²) in [6.45, 7) is 0. The second-order valence-corrected chi connectivity index (χ2v) is 3.97. The zero-order valence-electron chi connectivity index (χ0n) is 8.34. The van der Waals surface area contributed by atoms with Crippen molar-refractivity contribution in [3.8, 4) is 5.75 Å². The van der Waals surface area contributed by atoms with Crippen molar-refractivity contribution in [2.45, 2.75) is 0 Å². The molecule has 0 aliphatic carbocycles. The van der Waals surface area contributed by atoms with Gasteiger partial charge in [-0.1, -0.05) is 12.1 Å². The number of phenolic OH excluding ortho intramolecular Hbond substituents is 1. The maximum Gasteiger partial charge on any atom is 0.141 e. The van der Waals surface area contributed by atoms with Crippen LogP contribution in [0, 0.1) is 0 Å². The first-order valence-electron chi connectivity index (χ1n) is 4.69. The van der Waals surface area contributed by atoms with Gasteiger partial charge in [-0.25, -0.2) is 4.98 Å². The van der Waals surface area contributed by atoms with E-state index in [0.29, 0.717) is 5.69 Å². The number of phenols is 1. The lowest BCUT2D eigenvalue weighted by Gasteiger charge is -1.97. The Morgan fingerprint density at radius 2 is 2.00 bits per heavy atom. The molecule has 0 spiro atoms. The number of halogens is 1. The summed E-state index contributed by atoms with van der Waals surface area (Å²) in [7, 11) is 0. The molecule has 0 bridgehead atoms. The molecule has 16 heavy (non-hydrogen) atoms. The molecule has 0 fully saturated rings. The number of rotatable bonds is 2. The molecule has 80 valence electrons. The van der Waals surface area contributed by atoms with Crippen molar-refractivity contribution in [3.63, 3.8) is 0 Å². The molecule has 3 nitrogen and oxygen atoms in total. The number of aromatic nitrogens is 1. The van der Waals surface area contributed by atoms with Crippen molar-refractivity contribution in [2.24, 2.45) is 4.99 Å². The molecule has 0 saturated heterocycles. The summed E-state index contributed by atoms with van der Waals surface area (Å²) in [5, 5.41) is 9.50. The highest BCUT2D eigenvalue weighted by molar-refractivity contribution is 9.10. The third kappa shape index (κ3) is 2.67. The van der Waals surface area contributed by atoms with Gasteiger partial charge < -0.3 is 5.11 Å². The standard InChI is InChI=1S/C12H9BrN2O/c13-12-6-5-9(8-15-12)7-14-10-3-1-2-4-11(10)16/h1-8,16H/b14-7+. The average molecular weight is 277 g/mol. The molecule has 0 radical (unpaired) electrons. The molecule has 0 unspecified atom stereocenters. The van der Waals surface area contributed by atoms with Crippen molar-refractivity contribution >= 4 is 27.8 Å². The summed E-state index contributed by atoms with van der Waals surface area (Å²) >= 11 is 3.26. The summed E-state index contributed by atoms with van der Waals surface area (Å²) < 4.78 is 0.784. The molecule has 0 aliphatic heterocycles. The van der Waals surface area contributed by atoms with Crippen molar-refractivity contribution in [3.05, 3.63) is 52.8 Å². The number of hydrogen-bond donors (Lipinski definition) is 1. The minimum absolute atomic E-state index is 0.170. The highest BCUT2D eigenvalue weighted by Gasteiger charge is 1.95. The summed E-state index contributed by atoms with van der Waals surface area (Å²) in [5.41, 5.74) is 1.43. The summed E-state index contributed by atoms with van der Waals surface area (Å²) in [6.07, 6.45) is 3.36. The van der Waals surface area contributed by atoms with Crippen LogP contribution in [-0.4, -0.2) is 16.3 Å². The van der Waals surface area contributed by atoms with Gasteiger partial charge in [0.15, 0.2) is 0 Å². The van der Waals surface area contributed by atoms with Crippen LogP contribution in [0.15, 0.2) is 52.2 Å². The van der Waals surface area contributed by atoms with Crippen LogP contribution in [-0.2, 0) is 0 Å². The molecule has 1 heterocycles.